The Morgan fingerprint density at radius 3 is 1.59 bits per heavy atom. The van der Waals surface area contributed by atoms with Crippen molar-refractivity contribution in [3.63, 3.8) is 0 Å². The van der Waals surface area contributed by atoms with Gasteiger partial charge in [0.1, 0.15) is 0 Å². The molecule has 0 radical (unpaired) electrons. The van der Waals surface area contributed by atoms with Crippen molar-refractivity contribution >= 4 is 54.1 Å². The minimum atomic E-state index is 1.17. The number of para-hydroxylation sites is 2. The van der Waals surface area contributed by atoms with Gasteiger partial charge in [-0.1, -0.05) is 146 Å². The van der Waals surface area contributed by atoms with E-state index in [4.69, 9.17) is 0 Å². The molecule has 0 aliphatic heterocycles. The fourth-order valence-corrected chi connectivity index (χ4v) is 7.94. The Bertz CT molecular complexity index is 2860. The summed E-state index contributed by atoms with van der Waals surface area (Å²) in [7, 11) is 0. The molecule has 0 aliphatic rings. The van der Waals surface area contributed by atoms with Crippen LogP contribution in [0.5, 0.6) is 0 Å². The van der Waals surface area contributed by atoms with Crippen molar-refractivity contribution in [2.75, 3.05) is 0 Å². The quantitative estimate of drug-likeness (QED) is 0.172. The summed E-state index contributed by atoms with van der Waals surface area (Å²) in [5.41, 5.74) is 11.0. The van der Waals surface area contributed by atoms with Crippen molar-refractivity contribution in [1.82, 2.24) is 4.57 Å². The first-order chi connectivity index (χ1) is 24.3. The van der Waals surface area contributed by atoms with Crippen LogP contribution >= 0.6 is 0 Å². The van der Waals surface area contributed by atoms with E-state index in [0.29, 0.717) is 0 Å². The standard InChI is InChI=1S/C48H31N/c1-3-13-32(14-4-1)35-25-27-42-44(30-35)48(41-21-10-9-20-40(41)47(42)36-24-23-33-15-7-8-16-34(33)29-36)37-26-28-46-43(31-37)39-19-11-12-22-45(39)49(46)38-17-5-2-6-18-38/h1-31H. The van der Waals surface area contributed by atoms with Gasteiger partial charge in [-0.05, 0) is 108 Å². The maximum absolute atomic E-state index is 2.42. The molecular weight excluding hydrogens is 591 g/mol. The fourth-order valence-electron chi connectivity index (χ4n) is 7.94. The van der Waals surface area contributed by atoms with Gasteiger partial charge in [0.15, 0.2) is 0 Å². The zero-order chi connectivity index (χ0) is 32.3. The van der Waals surface area contributed by atoms with Gasteiger partial charge in [-0.15, -0.1) is 0 Å². The van der Waals surface area contributed by atoms with Crippen molar-refractivity contribution in [2.45, 2.75) is 0 Å². The summed E-state index contributed by atoms with van der Waals surface area (Å²) in [6, 6.07) is 68.8. The first kappa shape index (κ1) is 27.7. The second-order valence-corrected chi connectivity index (χ2v) is 12.9. The molecule has 0 saturated heterocycles. The molecule has 0 spiro atoms. The molecule has 228 valence electrons. The summed E-state index contributed by atoms with van der Waals surface area (Å²) in [6.07, 6.45) is 0. The lowest BCUT2D eigenvalue weighted by Gasteiger charge is -2.19. The molecule has 1 aromatic heterocycles. The molecule has 1 heterocycles. The Labute approximate surface area is 284 Å². The van der Waals surface area contributed by atoms with E-state index < -0.39 is 0 Å². The van der Waals surface area contributed by atoms with Crippen LogP contribution in [-0.4, -0.2) is 4.57 Å². The van der Waals surface area contributed by atoms with Gasteiger partial charge in [-0.3, -0.25) is 0 Å². The lowest BCUT2D eigenvalue weighted by atomic mass is 9.84. The smallest absolute Gasteiger partial charge is 0.0541 e. The summed E-state index contributed by atoms with van der Waals surface area (Å²) in [5.74, 6) is 0. The van der Waals surface area contributed by atoms with E-state index in [1.165, 1.54) is 93.2 Å². The molecule has 10 rings (SSSR count). The van der Waals surface area contributed by atoms with Gasteiger partial charge in [-0.2, -0.15) is 0 Å². The summed E-state index contributed by atoms with van der Waals surface area (Å²) in [6.45, 7) is 0. The van der Waals surface area contributed by atoms with Gasteiger partial charge in [0, 0.05) is 16.5 Å². The van der Waals surface area contributed by atoms with Crippen molar-refractivity contribution in [1.29, 1.82) is 0 Å². The fraction of sp³-hybridized carbons (Fsp3) is 0. The highest BCUT2D eigenvalue weighted by molar-refractivity contribution is 6.23. The average Bonchev–Trinajstić information content (AvgIpc) is 3.51. The number of aromatic nitrogens is 1. The molecule has 0 aliphatic carbocycles. The normalized spacial score (nSPS) is 11.7. The van der Waals surface area contributed by atoms with E-state index in [0.717, 1.165) is 0 Å². The Balaban J connectivity index is 1.31. The summed E-state index contributed by atoms with van der Waals surface area (Å²) >= 11 is 0. The van der Waals surface area contributed by atoms with E-state index in [9.17, 15) is 0 Å². The highest BCUT2D eigenvalue weighted by Gasteiger charge is 2.20. The van der Waals surface area contributed by atoms with Gasteiger partial charge in [0.05, 0.1) is 11.0 Å². The SMILES string of the molecule is c1ccc(-c2ccc3c(-c4ccc5ccccc5c4)c4ccccc4c(-c4ccc5c(c4)c4ccccc4n5-c4ccccc4)c3c2)cc1. The zero-order valence-corrected chi connectivity index (χ0v) is 26.8. The Kier molecular flexibility index (Phi) is 6.25. The van der Waals surface area contributed by atoms with E-state index >= 15 is 0 Å². The lowest BCUT2D eigenvalue weighted by Crippen LogP contribution is -1.94. The molecule has 0 unspecified atom stereocenters. The Hall–Kier alpha value is -6.44. The van der Waals surface area contributed by atoms with Crippen molar-refractivity contribution in [3.05, 3.63) is 188 Å². The van der Waals surface area contributed by atoms with Crippen LogP contribution in [0.1, 0.15) is 0 Å². The summed E-state index contributed by atoms with van der Waals surface area (Å²) in [4.78, 5) is 0. The van der Waals surface area contributed by atoms with Crippen LogP contribution in [0.25, 0.3) is 93.2 Å². The molecule has 0 atom stereocenters. The molecule has 0 fully saturated rings. The predicted molar refractivity (Wildman–Crippen MR) is 210 cm³/mol. The van der Waals surface area contributed by atoms with Gasteiger partial charge < -0.3 is 4.57 Å². The first-order valence-electron chi connectivity index (χ1n) is 16.9. The number of fused-ring (bicyclic) bond motifs is 6. The van der Waals surface area contributed by atoms with E-state index in [1.54, 1.807) is 0 Å². The number of benzene rings is 9. The van der Waals surface area contributed by atoms with Crippen LogP contribution in [0.15, 0.2) is 188 Å². The number of hydrogen-bond acceptors (Lipinski definition) is 0. The van der Waals surface area contributed by atoms with Crippen LogP contribution in [-0.2, 0) is 0 Å². The second kappa shape index (κ2) is 11.1. The van der Waals surface area contributed by atoms with Crippen LogP contribution < -0.4 is 0 Å². The number of hydrogen-bond donors (Lipinski definition) is 0. The van der Waals surface area contributed by atoms with E-state index in [-0.39, 0.29) is 0 Å². The highest BCUT2D eigenvalue weighted by Crippen LogP contribution is 2.46. The van der Waals surface area contributed by atoms with Crippen molar-refractivity contribution in [2.24, 2.45) is 0 Å². The third-order valence-electron chi connectivity index (χ3n) is 10.1. The average molecular weight is 622 g/mol. The van der Waals surface area contributed by atoms with Gasteiger partial charge >= 0.3 is 0 Å². The van der Waals surface area contributed by atoms with E-state index in [1.807, 2.05) is 0 Å². The molecule has 1 nitrogen and oxygen atoms in total. The summed E-state index contributed by atoms with van der Waals surface area (Å²) < 4.78 is 2.39. The molecule has 1 heteroatoms. The third-order valence-corrected chi connectivity index (χ3v) is 10.1. The highest BCUT2D eigenvalue weighted by atomic mass is 15.0. The topological polar surface area (TPSA) is 4.93 Å². The monoisotopic (exact) mass is 621 g/mol. The Morgan fingerprint density at radius 2 is 0.796 bits per heavy atom. The van der Waals surface area contributed by atoms with E-state index in [2.05, 4.69) is 193 Å². The minimum Gasteiger partial charge on any atom is -0.309 e. The van der Waals surface area contributed by atoms with Gasteiger partial charge in [0.2, 0.25) is 0 Å². The van der Waals surface area contributed by atoms with Crippen LogP contribution in [0.2, 0.25) is 0 Å². The molecule has 49 heavy (non-hydrogen) atoms. The molecule has 0 bridgehead atoms. The largest absolute Gasteiger partial charge is 0.309 e. The van der Waals surface area contributed by atoms with Gasteiger partial charge in [0.25, 0.3) is 0 Å². The van der Waals surface area contributed by atoms with Crippen LogP contribution in [0, 0.1) is 0 Å². The van der Waals surface area contributed by atoms with Gasteiger partial charge in [-0.25, -0.2) is 0 Å². The zero-order valence-electron chi connectivity index (χ0n) is 26.8. The molecule has 0 amide bonds. The lowest BCUT2D eigenvalue weighted by molar-refractivity contribution is 1.18. The number of nitrogens with zero attached hydrogens (tertiary/aromatic N) is 1. The molecule has 9 aromatic carbocycles. The molecule has 10 aromatic rings. The third kappa shape index (κ3) is 4.40. The van der Waals surface area contributed by atoms with Crippen LogP contribution in [0.3, 0.4) is 0 Å². The molecule has 0 saturated carbocycles. The first-order valence-corrected chi connectivity index (χ1v) is 16.9. The van der Waals surface area contributed by atoms with Crippen molar-refractivity contribution in [3.8, 4) is 39.1 Å². The maximum atomic E-state index is 2.42. The minimum absolute atomic E-state index is 1.17. The Morgan fingerprint density at radius 1 is 0.265 bits per heavy atom. The van der Waals surface area contributed by atoms with Crippen LogP contribution in [0.4, 0.5) is 0 Å². The second-order valence-electron chi connectivity index (χ2n) is 12.9. The summed E-state index contributed by atoms with van der Waals surface area (Å²) in [5, 5.41) is 10.1. The molecule has 0 N–H and O–H groups in total. The maximum Gasteiger partial charge on any atom is 0.0541 e. The number of rotatable bonds is 4. The molecular formula is C48H31N. The predicted octanol–water partition coefficient (Wildman–Crippen LogP) is 13.2. The van der Waals surface area contributed by atoms with Crippen molar-refractivity contribution < 1.29 is 0 Å².